The molecule has 0 heterocycles. The first-order valence-electron chi connectivity index (χ1n) is 37.9. The van der Waals surface area contributed by atoms with Gasteiger partial charge < -0.3 is 33.8 Å². The quantitative estimate of drug-likeness (QED) is 0.0222. The van der Waals surface area contributed by atoms with Crippen molar-refractivity contribution in [2.45, 2.75) is 388 Å². The number of aliphatic hydroxyl groups is 1. The van der Waals surface area contributed by atoms with E-state index in [2.05, 4.69) is 48.5 Å². The summed E-state index contributed by atoms with van der Waals surface area (Å²) in [6.45, 7) is 11.9. The van der Waals surface area contributed by atoms with Gasteiger partial charge in [0.25, 0.3) is 0 Å². The second kappa shape index (κ2) is 63.8. The van der Waals surface area contributed by atoms with Gasteiger partial charge in [0.2, 0.25) is 0 Å². The van der Waals surface area contributed by atoms with Gasteiger partial charge >= 0.3 is 39.5 Å². The van der Waals surface area contributed by atoms with E-state index in [1.807, 2.05) is 0 Å². The maximum absolute atomic E-state index is 13.1. The number of aliphatic hydroxyl groups excluding tert-OH is 1. The number of rotatable bonds is 71. The molecule has 0 saturated heterocycles. The van der Waals surface area contributed by atoms with Crippen molar-refractivity contribution in [1.29, 1.82) is 0 Å². The van der Waals surface area contributed by atoms with Gasteiger partial charge in [-0.05, 0) is 43.4 Å². The molecule has 546 valence electrons. The van der Waals surface area contributed by atoms with E-state index in [-0.39, 0.29) is 25.7 Å². The van der Waals surface area contributed by atoms with Crippen molar-refractivity contribution in [3.05, 3.63) is 0 Å². The summed E-state index contributed by atoms with van der Waals surface area (Å²) in [6, 6.07) is 0. The zero-order chi connectivity index (χ0) is 68.0. The number of carbonyl (C=O) groups excluding carboxylic acids is 4. The molecule has 0 bridgehead atoms. The Balaban J connectivity index is 5.23. The lowest BCUT2D eigenvalue weighted by atomic mass is 9.99. The normalized spacial score (nSPS) is 14.4. The molecule has 0 aliphatic rings. The van der Waals surface area contributed by atoms with E-state index in [9.17, 15) is 43.2 Å². The molecule has 6 atom stereocenters. The van der Waals surface area contributed by atoms with Gasteiger partial charge in [-0.2, -0.15) is 0 Å². The minimum atomic E-state index is -4.96. The van der Waals surface area contributed by atoms with Gasteiger partial charge in [-0.1, -0.05) is 318 Å². The number of carbonyl (C=O) groups is 4. The highest BCUT2D eigenvalue weighted by Crippen LogP contribution is 2.45. The molecule has 0 aromatic rings. The number of ether oxygens (including phenoxy) is 4. The van der Waals surface area contributed by atoms with Crippen molar-refractivity contribution in [3.63, 3.8) is 0 Å². The molecular weight excluding hydrogens is 1210 g/mol. The molecule has 3 unspecified atom stereocenters. The summed E-state index contributed by atoms with van der Waals surface area (Å²) < 4.78 is 68.4. The predicted octanol–water partition coefficient (Wildman–Crippen LogP) is 21.0. The average Bonchev–Trinajstić information content (AvgIpc) is 2.25. The topological polar surface area (TPSA) is 237 Å². The van der Waals surface area contributed by atoms with Crippen molar-refractivity contribution in [1.82, 2.24) is 0 Å². The molecule has 0 aliphatic heterocycles. The number of hydrogen-bond donors (Lipinski definition) is 3. The Hall–Kier alpha value is -1.94. The molecule has 3 N–H and O–H groups in total. The van der Waals surface area contributed by atoms with Gasteiger partial charge in [-0.3, -0.25) is 37.3 Å². The van der Waals surface area contributed by atoms with Crippen molar-refractivity contribution in [2.24, 2.45) is 17.8 Å². The van der Waals surface area contributed by atoms with Crippen LogP contribution in [0.3, 0.4) is 0 Å². The van der Waals surface area contributed by atoms with Crippen LogP contribution in [0.5, 0.6) is 0 Å². The first kappa shape index (κ1) is 90.1. The summed E-state index contributed by atoms with van der Waals surface area (Å²) in [7, 11) is -9.90. The molecule has 0 amide bonds. The molecular formula is C73H142O17P2. The van der Waals surface area contributed by atoms with Crippen LogP contribution in [0.25, 0.3) is 0 Å². The van der Waals surface area contributed by atoms with Gasteiger partial charge in [-0.15, -0.1) is 0 Å². The number of phosphoric acid groups is 2. The highest BCUT2D eigenvalue weighted by atomic mass is 31.2. The molecule has 19 heteroatoms. The zero-order valence-corrected chi connectivity index (χ0v) is 61.8. The van der Waals surface area contributed by atoms with Crippen LogP contribution < -0.4 is 0 Å². The number of phosphoric ester groups is 2. The minimum Gasteiger partial charge on any atom is -0.462 e. The largest absolute Gasteiger partial charge is 0.472 e. The van der Waals surface area contributed by atoms with Gasteiger partial charge in [0, 0.05) is 25.7 Å². The molecule has 17 nitrogen and oxygen atoms in total. The van der Waals surface area contributed by atoms with Crippen LogP contribution in [0.1, 0.15) is 370 Å². The maximum atomic E-state index is 13.1. The van der Waals surface area contributed by atoms with E-state index in [0.717, 1.165) is 108 Å². The molecule has 0 rings (SSSR count). The number of hydrogen-bond acceptors (Lipinski definition) is 15. The van der Waals surface area contributed by atoms with Gasteiger partial charge in [0.05, 0.1) is 26.4 Å². The van der Waals surface area contributed by atoms with E-state index in [0.29, 0.717) is 25.7 Å². The SMILES string of the molecule is CCCCCCCCCCCC(=O)OC[C@H](COP(=O)(O)OC[C@H](O)COP(=O)(O)OC[C@@H](COC(=O)CCCCCCCCCCCCC(C)CC)OC(=O)CCCCCCCCCCCCCCCCCC(C)C)OC(=O)CCCCCCCCCCC(C)C. The Labute approximate surface area is 562 Å². The Morgan fingerprint density at radius 3 is 0.826 bits per heavy atom. The van der Waals surface area contributed by atoms with Crippen LogP contribution in [0.4, 0.5) is 0 Å². The first-order chi connectivity index (χ1) is 44.3. The van der Waals surface area contributed by atoms with Crippen LogP contribution in [0.15, 0.2) is 0 Å². The third-order valence-corrected chi connectivity index (χ3v) is 19.1. The highest BCUT2D eigenvalue weighted by molar-refractivity contribution is 7.47. The molecule has 0 aromatic carbocycles. The fraction of sp³-hybridized carbons (Fsp3) is 0.945. The Morgan fingerprint density at radius 2 is 0.554 bits per heavy atom. The lowest BCUT2D eigenvalue weighted by Gasteiger charge is -2.21. The van der Waals surface area contributed by atoms with E-state index in [4.69, 9.17) is 37.0 Å². The molecule has 0 radical (unpaired) electrons. The summed E-state index contributed by atoms with van der Waals surface area (Å²) in [6.07, 6.45) is 48.5. The molecule has 0 aliphatic carbocycles. The van der Waals surface area contributed by atoms with Crippen molar-refractivity contribution in [3.8, 4) is 0 Å². The third kappa shape index (κ3) is 65.4. The van der Waals surface area contributed by atoms with Crippen LogP contribution in [0.2, 0.25) is 0 Å². The van der Waals surface area contributed by atoms with Crippen LogP contribution in [-0.2, 0) is 65.4 Å². The lowest BCUT2D eigenvalue weighted by molar-refractivity contribution is -0.161. The molecule has 0 fully saturated rings. The highest BCUT2D eigenvalue weighted by Gasteiger charge is 2.30. The molecule has 0 spiro atoms. The predicted molar refractivity (Wildman–Crippen MR) is 372 cm³/mol. The fourth-order valence-corrected chi connectivity index (χ4v) is 12.6. The van der Waals surface area contributed by atoms with Crippen molar-refractivity contribution >= 4 is 39.5 Å². The standard InChI is InChI=1S/C73H142O17P2/c1-8-10-11-12-13-23-33-40-47-54-70(75)83-60-69(90-73(78)57-50-43-36-29-28-31-38-45-52-65(5)6)63-88-92(81,82)86-59-67(74)58-85-91(79,80)87-62-68(61-84-71(76)55-48-41-34-26-22-21-25-32-39-46-53-66(7)9-2)89-72(77)56-49-42-35-27-20-18-16-14-15-17-19-24-30-37-44-51-64(3)4/h64-69,74H,8-63H2,1-7H3,(H,79,80)(H,81,82)/t66?,67-,68-,69-/m1/s1. The minimum absolute atomic E-state index is 0.104. The fourth-order valence-electron chi connectivity index (χ4n) is 11.0. The summed E-state index contributed by atoms with van der Waals surface area (Å²) >= 11 is 0. The van der Waals surface area contributed by atoms with E-state index in [1.54, 1.807) is 0 Å². The molecule has 92 heavy (non-hydrogen) atoms. The Kier molecular flexibility index (Phi) is 62.4. The third-order valence-electron chi connectivity index (χ3n) is 17.2. The van der Waals surface area contributed by atoms with Gasteiger partial charge in [0.1, 0.15) is 19.3 Å². The Morgan fingerprint density at radius 1 is 0.315 bits per heavy atom. The summed E-state index contributed by atoms with van der Waals surface area (Å²) in [5.41, 5.74) is 0. The zero-order valence-electron chi connectivity index (χ0n) is 60.0. The number of esters is 4. The summed E-state index contributed by atoms with van der Waals surface area (Å²) in [4.78, 5) is 72.6. The first-order valence-corrected chi connectivity index (χ1v) is 40.9. The van der Waals surface area contributed by atoms with Crippen molar-refractivity contribution in [2.75, 3.05) is 39.6 Å². The van der Waals surface area contributed by atoms with E-state index < -0.39 is 97.5 Å². The lowest BCUT2D eigenvalue weighted by Crippen LogP contribution is -2.30. The maximum Gasteiger partial charge on any atom is 0.472 e. The van der Waals surface area contributed by atoms with Crippen LogP contribution in [-0.4, -0.2) is 96.7 Å². The van der Waals surface area contributed by atoms with Gasteiger partial charge in [0.15, 0.2) is 12.2 Å². The smallest absolute Gasteiger partial charge is 0.462 e. The second-order valence-electron chi connectivity index (χ2n) is 27.5. The van der Waals surface area contributed by atoms with Crippen LogP contribution >= 0.6 is 15.6 Å². The average molecular weight is 1350 g/mol. The van der Waals surface area contributed by atoms with Crippen molar-refractivity contribution < 1.29 is 80.2 Å². The van der Waals surface area contributed by atoms with Gasteiger partial charge in [-0.25, -0.2) is 9.13 Å². The Bertz CT molecular complexity index is 1800. The molecule has 0 saturated carbocycles. The van der Waals surface area contributed by atoms with E-state index >= 15 is 0 Å². The molecule has 0 aromatic heterocycles. The second-order valence-corrected chi connectivity index (χ2v) is 30.4. The number of unbranched alkanes of at least 4 members (excludes halogenated alkanes) is 38. The summed E-state index contributed by atoms with van der Waals surface area (Å²) in [5, 5.41) is 10.6. The van der Waals surface area contributed by atoms with E-state index in [1.165, 1.54) is 180 Å². The monoisotopic (exact) mass is 1350 g/mol. The van der Waals surface area contributed by atoms with Crippen LogP contribution in [0, 0.1) is 17.8 Å². The summed E-state index contributed by atoms with van der Waals surface area (Å²) in [5.74, 6) is 0.206.